The lowest BCUT2D eigenvalue weighted by molar-refractivity contribution is -0.130. The Hall–Kier alpha value is -2.24. The summed E-state index contributed by atoms with van der Waals surface area (Å²) in [6.07, 6.45) is 2.07. The molecule has 2 rings (SSSR count). The number of likely N-dealkylation sites (tertiary alicyclic amines) is 1. The van der Waals surface area contributed by atoms with Crippen molar-refractivity contribution in [2.75, 3.05) is 40.9 Å². The number of ether oxygens (including phenoxy) is 2. The molecule has 1 aromatic rings. The molecule has 0 atom stereocenters. The predicted molar refractivity (Wildman–Crippen MR) is 82.3 cm³/mol. The second kappa shape index (κ2) is 7.15. The first-order valence-electron chi connectivity index (χ1n) is 7.32. The highest BCUT2D eigenvalue weighted by molar-refractivity contribution is 5.98. The topological polar surface area (TPSA) is 59.1 Å². The molecule has 0 aromatic heterocycles. The van der Waals surface area contributed by atoms with Gasteiger partial charge in [0.2, 0.25) is 5.91 Å². The average Bonchev–Trinajstić information content (AvgIpc) is 3.07. The number of hydrogen-bond acceptors (Lipinski definition) is 4. The normalized spacial score (nSPS) is 13.9. The molecule has 0 spiro atoms. The van der Waals surface area contributed by atoms with Crippen LogP contribution in [0.2, 0.25) is 0 Å². The van der Waals surface area contributed by atoms with Crippen molar-refractivity contribution in [3.8, 4) is 11.5 Å². The van der Waals surface area contributed by atoms with Crippen LogP contribution in [0.3, 0.4) is 0 Å². The van der Waals surface area contributed by atoms with Gasteiger partial charge in [-0.05, 0) is 25.0 Å². The van der Waals surface area contributed by atoms with Crippen molar-refractivity contribution in [3.63, 3.8) is 0 Å². The number of methoxy groups -OCH3 is 2. The zero-order valence-corrected chi connectivity index (χ0v) is 13.3. The predicted octanol–water partition coefficient (Wildman–Crippen LogP) is 1.40. The van der Waals surface area contributed by atoms with Gasteiger partial charge in [0.05, 0.1) is 26.3 Å². The fourth-order valence-corrected chi connectivity index (χ4v) is 2.52. The van der Waals surface area contributed by atoms with Gasteiger partial charge in [0.15, 0.2) is 0 Å². The van der Waals surface area contributed by atoms with Crippen molar-refractivity contribution < 1.29 is 19.1 Å². The maximum Gasteiger partial charge on any atom is 0.257 e. The number of amides is 2. The van der Waals surface area contributed by atoms with Crippen LogP contribution in [0.15, 0.2) is 18.2 Å². The Morgan fingerprint density at radius 2 is 1.86 bits per heavy atom. The van der Waals surface area contributed by atoms with Crippen LogP contribution in [0.25, 0.3) is 0 Å². The van der Waals surface area contributed by atoms with Crippen molar-refractivity contribution in [3.05, 3.63) is 23.8 Å². The van der Waals surface area contributed by atoms with Gasteiger partial charge in [0, 0.05) is 26.2 Å². The van der Waals surface area contributed by atoms with E-state index < -0.39 is 0 Å². The fraction of sp³-hybridized carbons (Fsp3) is 0.500. The zero-order chi connectivity index (χ0) is 16.1. The van der Waals surface area contributed by atoms with E-state index in [9.17, 15) is 9.59 Å². The minimum Gasteiger partial charge on any atom is -0.497 e. The summed E-state index contributed by atoms with van der Waals surface area (Å²) in [5, 5.41) is 0. The number of hydrogen-bond donors (Lipinski definition) is 0. The number of carbonyl (C=O) groups is 2. The summed E-state index contributed by atoms with van der Waals surface area (Å²) in [4.78, 5) is 27.9. The van der Waals surface area contributed by atoms with Crippen LogP contribution in [-0.4, -0.2) is 62.5 Å². The molecule has 1 aromatic carbocycles. The molecule has 2 amide bonds. The van der Waals surface area contributed by atoms with Crippen LogP contribution in [0, 0.1) is 0 Å². The molecule has 120 valence electrons. The SMILES string of the molecule is COc1ccc(C(=O)N(C)CC(=O)N2CCCC2)c(OC)c1. The Bertz CT molecular complexity index is 553. The minimum atomic E-state index is -0.243. The Morgan fingerprint density at radius 3 is 2.45 bits per heavy atom. The fourth-order valence-electron chi connectivity index (χ4n) is 2.52. The lowest BCUT2D eigenvalue weighted by atomic mass is 10.1. The van der Waals surface area contributed by atoms with Crippen LogP contribution in [0.1, 0.15) is 23.2 Å². The maximum atomic E-state index is 12.5. The van der Waals surface area contributed by atoms with Crippen LogP contribution < -0.4 is 9.47 Å². The summed E-state index contributed by atoms with van der Waals surface area (Å²) < 4.78 is 10.4. The van der Waals surface area contributed by atoms with Gasteiger partial charge in [0.25, 0.3) is 5.91 Å². The minimum absolute atomic E-state index is 0.0131. The smallest absolute Gasteiger partial charge is 0.257 e. The van der Waals surface area contributed by atoms with E-state index in [-0.39, 0.29) is 18.4 Å². The van der Waals surface area contributed by atoms with Crippen LogP contribution in [-0.2, 0) is 4.79 Å². The highest BCUT2D eigenvalue weighted by Gasteiger charge is 2.23. The molecular weight excluding hydrogens is 284 g/mol. The highest BCUT2D eigenvalue weighted by Crippen LogP contribution is 2.25. The lowest BCUT2D eigenvalue weighted by Gasteiger charge is -2.22. The largest absolute Gasteiger partial charge is 0.497 e. The molecule has 0 saturated carbocycles. The van der Waals surface area contributed by atoms with Gasteiger partial charge in [-0.2, -0.15) is 0 Å². The second-order valence-corrected chi connectivity index (χ2v) is 5.32. The number of likely N-dealkylation sites (N-methyl/N-ethyl adjacent to an activating group) is 1. The number of carbonyl (C=O) groups excluding carboxylic acids is 2. The summed E-state index contributed by atoms with van der Waals surface area (Å²) in [7, 11) is 4.68. The summed E-state index contributed by atoms with van der Waals surface area (Å²) in [6.45, 7) is 1.65. The molecule has 0 bridgehead atoms. The second-order valence-electron chi connectivity index (χ2n) is 5.32. The first kappa shape index (κ1) is 16.1. The van der Waals surface area contributed by atoms with E-state index >= 15 is 0 Å². The first-order chi connectivity index (χ1) is 10.6. The molecule has 0 unspecified atom stereocenters. The third kappa shape index (κ3) is 3.50. The van der Waals surface area contributed by atoms with Crippen molar-refractivity contribution in [1.82, 2.24) is 9.80 Å². The Balaban J connectivity index is 2.08. The molecule has 1 aliphatic rings. The Labute approximate surface area is 130 Å². The molecule has 1 fully saturated rings. The van der Waals surface area contributed by atoms with Crippen molar-refractivity contribution in [2.45, 2.75) is 12.8 Å². The van der Waals surface area contributed by atoms with E-state index in [2.05, 4.69) is 0 Å². The molecule has 1 saturated heterocycles. The standard InChI is InChI=1S/C16H22N2O4/c1-17(11-15(19)18-8-4-5-9-18)16(20)13-7-6-12(21-2)10-14(13)22-3/h6-7,10H,4-5,8-9,11H2,1-3H3. The van der Waals surface area contributed by atoms with Crippen molar-refractivity contribution >= 4 is 11.8 Å². The quantitative estimate of drug-likeness (QED) is 0.825. The maximum absolute atomic E-state index is 12.5. The van der Waals surface area contributed by atoms with E-state index in [0.29, 0.717) is 17.1 Å². The van der Waals surface area contributed by atoms with Gasteiger partial charge in [-0.15, -0.1) is 0 Å². The van der Waals surface area contributed by atoms with Gasteiger partial charge in [0.1, 0.15) is 11.5 Å². The molecular formula is C16H22N2O4. The lowest BCUT2D eigenvalue weighted by Crippen LogP contribution is -2.39. The monoisotopic (exact) mass is 306 g/mol. The third-order valence-electron chi connectivity index (χ3n) is 3.82. The molecule has 0 N–H and O–H groups in total. The summed E-state index contributed by atoms with van der Waals surface area (Å²) in [6, 6.07) is 5.01. The molecule has 6 nitrogen and oxygen atoms in total. The van der Waals surface area contributed by atoms with E-state index in [1.165, 1.54) is 12.0 Å². The highest BCUT2D eigenvalue weighted by atomic mass is 16.5. The first-order valence-corrected chi connectivity index (χ1v) is 7.32. The Morgan fingerprint density at radius 1 is 1.18 bits per heavy atom. The molecule has 0 aliphatic carbocycles. The van der Waals surface area contributed by atoms with Crippen molar-refractivity contribution in [2.24, 2.45) is 0 Å². The van der Waals surface area contributed by atoms with Gasteiger partial charge in [-0.3, -0.25) is 9.59 Å². The summed E-state index contributed by atoms with van der Waals surface area (Å²) in [5.41, 5.74) is 0.417. The van der Waals surface area contributed by atoms with Crippen LogP contribution in [0.5, 0.6) is 11.5 Å². The molecule has 0 radical (unpaired) electrons. The molecule has 22 heavy (non-hydrogen) atoms. The van der Waals surface area contributed by atoms with Crippen LogP contribution >= 0.6 is 0 Å². The number of benzene rings is 1. The number of rotatable bonds is 5. The number of nitrogens with zero attached hydrogens (tertiary/aromatic N) is 2. The van der Waals surface area contributed by atoms with Gasteiger partial charge >= 0.3 is 0 Å². The van der Waals surface area contributed by atoms with Crippen LogP contribution in [0.4, 0.5) is 0 Å². The van der Waals surface area contributed by atoms with E-state index in [1.807, 2.05) is 0 Å². The van der Waals surface area contributed by atoms with E-state index in [4.69, 9.17) is 9.47 Å². The average molecular weight is 306 g/mol. The van der Waals surface area contributed by atoms with E-state index in [0.717, 1.165) is 25.9 Å². The molecule has 1 aliphatic heterocycles. The van der Waals surface area contributed by atoms with Gasteiger partial charge < -0.3 is 19.3 Å². The van der Waals surface area contributed by atoms with Crippen molar-refractivity contribution in [1.29, 1.82) is 0 Å². The summed E-state index contributed by atoms with van der Waals surface area (Å²) in [5.74, 6) is 0.793. The molecule has 1 heterocycles. The van der Waals surface area contributed by atoms with Gasteiger partial charge in [-0.25, -0.2) is 0 Å². The zero-order valence-electron chi connectivity index (χ0n) is 13.3. The van der Waals surface area contributed by atoms with Gasteiger partial charge in [-0.1, -0.05) is 0 Å². The molecule has 6 heteroatoms. The third-order valence-corrected chi connectivity index (χ3v) is 3.82. The summed E-state index contributed by atoms with van der Waals surface area (Å²) >= 11 is 0. The van der Waals surface area contributed by atoms with E-state index in [1.54, 1.807) is 37.3 Å². The Kier molecular flexibility index (Phi) is 5.25.